The molecule has 0 bridgehead atoms. The molecule has 0 atom stereocenters. The van der Waals surface area contributed by atoms with E-state index in [-0.39, 0.29) is 5.82 Å². The molecule has 1 aliphatic rings. The van der Waals surface area contributed by atoms with Crippen molar-refractivity contribution in [1.29, 1.82) is 0 Å². The van der Waals surface area contributed by atoms with E-state index < -0.39 is 0 Å². The predicted molar refractivity (Wildman–Crippen MR) is 63.4 cm³/mol. The molecule has 16 heavy (non-hydrogen) atoms. The SMILES string of the molecule is CN(Cc1ccc(F)cc1)CC1CC(N)C1. The van der Waals surface area contributed by atoms with Gasteiger partial charge in [0, 0.05) is 19.1 Å². The standard InChI is InChI=1S/C13H19FN2/c1-16(9-11-6-13(15)7-11)8-10-2-4-12(14)5-3-10/h2-5,11,13H,6-9,15H2,1H3. The number of benzene rings is 1. The normalized spacial score (nSPS) is 24.5. The van der Waals surface area contributed by atoms with Crippen molar-refractivity contribution in [3.05, 3.63) is 35.6 Å². The number of hydrogen-bond donors (Lipinski definition) is 1. The van der Waals surface area contributed by atoms with Crippen molar-refractivity contribution in [1.82, 2.24) is 4.90 Å². The monoisotopic (exact) mass is 222 g/mol. The maximum absolute atomic E-state index is 12.7. The van der Waals surface area contributed by atoms with Gasteiger partial charge in [-0.3, -0.25) is 0 Å². The molecule has 0 saturated heterocycles. The van der Waals surface area contributed by atoms with Gasteiger partial charge >= 0.3 is 0 Å². The maximum atomic E-state index is 12.7. The van der Waals surface area contributed by atoms with Crippen LogP contribution in [-0.2, 0) is 6.54 Å². The smallest absolute Gasteiger partial charge is 0.123 e. The summed E-state index contributed by atoms with van der Waals surface area (Å²) in [6.45, 7) is 1.97. The fraction of sp³-hybridized carbons (Fsp3) is 0.538. The van der Waals surface area contributed by atoms with E-state index in [1.165, 1.54) is 12.1 Å². The predicted octanol–water partition coefficient (Wildman–Crippen LogP) is 1.99. The molecule has 0 aromatic heterocycles. The van der Waals surface area contributed by atoms with E-state index in [0.717, 1.165) is 37.4 Å². The molecule has 88 valence electrons. The molecule has 2 rings (SSSR count). The van der Waals surface area contributed by atoms with Gasteiger partial charge in [0.05, 0.1) is 0 Å². The quantitative estimate of drug-likeness (QED) is 0.844. The van der Waals surface area contributed by atoms with Gasteiger partial charge in [-0.15, -0.1) is 0 Å². The molecule has 2 N–H and O–H groups in total. The van der Waals surface area contributed by atoms with Crippen LogP contribution in [0.2, 0.25) is 0 Å². The fourth-order valence-electron chi connectivity index (χ4n) is 2.34. The second-order valence-corrected chi connectivity index (χ2v) is 4.92. The minimum Gasteiger partial charge on any atom is -0.328 e. The summed E-state index contributed by atoms with van der Waals surface area (Å²) in [4.78, 5) is 2.28. The number of rotatable bonds is 4. The van der Waals surface area contributed by atoms with Crippen LogP contribution in [0, 0.1) is 11.7 Å². The van der Waals surface area contributed by atoms with E-state index in [1.54, 1.807) is 0 Å². The molecule has 1 aliphatic carbocycles. The highest BCUT2D eigenvalue weighted by Gasteiger charge is 2.26. The maximum Gasteiger partial charge on any atom is 0.123 e. The van der Waals surface area contributed by atoms with Gasteiger partial charge in [-0.25, -0.2) is 4.39 Å². The van der Waals surface area contributed by atoms with Gasteiger partial charge in [-0.2, -0.15) is 0 Å². The van der Waals surface area contributed by atoms with Gasteiger partial charge in [0.25, 0.3) is 0 Å². The molecular formula is C13H19FN2. The highest BCUT2D eigenvalue weighted by molar-refractivity contribution is 5.15. The Morgan fingerprint density at radius 1 is 1.31 bits per heavy atom. The van der Waals surface area contributed by atoms with E-state index in [1.807, 2.05) is 12.1 Å². The number of nitrogens with two attached hydrogens (primary N) is 1. The van der Waals surface area contributed by atoms with Crippen LogP contribution in [-0.4, -0.2) is 24.5 Å². The third-order valence-corrected chi connectivity index (χ3v) is 3.21. The summed E-state index contributed by atoms with van der Waals surface area (Å²) in [6.07, 6.45) is 2.29. The Kier molecular flexibility index (Phi) is 3.56. The minimum absolute atomic E-state index is 0.170. The summed E-state index contributed by atoms with van der Waals surface area (Å²) < 4.78 is 12.7. The van der Waals surface area contributed by atoms with E-state index in [9.17, 15) is 4.39 Å². The summed E-state index contributed by atoms with van der Waals surface area (Å²) in [7, 11) is 2.10. The molecule has 0 radical (unpaired) electrons. The highest BCUT2D eigenvalue weighted by Crippen LogP contribution is 2.26. The molecule has 1 fully saturated rings. The fourth-order valence-corrected chi connectivity index (χ4v) is 2.34. The molecule has 0 unspecified atom stereocenters. The van der Waals surface area contributed by atoms with E-state index >= 15 is 0 Å². The number of hydrogen-bond acceptors (Lipinski definition) is 2. The Balaban J connectivity index is 1.78. The Bertz CT molecular complexity index is 330. The van der Waals surface area contributed by atoms with E-state index in [2.05, 4.69) is 11.9 Å². The molecular weight excluding hydrogens is 203 g/mol. The first kappa shape index (κ1) is 11.6. The average Bonchev–Trinajstić information content (AvgIpc) is 2.19. The zero-order chi connectivity index (χ0) is 11.5. The summed E-state index contributed by atoms with van der Waals surface area (Å²) in [5.41, 5.74) is 6.91. The van der Waals surface area contributed by atoms with Crippen molar-refractivity contribution < 1.29 is 4.39 Å². The summed E-state index contributed by atoms with van der Waals surface area (Å²) in [5.74, 6) is 0.580. The van der Waals surface area contributed by atoms with Gasteiger partial charge in [0.1, 0.15) is 5.82 Å². The van der Waals surface area contributed by atoms with Gasteiger partial charge in [-0.05, 0) is 43.5 Å². The minimum atomic E-state index is -0.170. The topological polar surface area (TPSA) is 29.3 Å². The van der Waals surface area contributed by atoms with Crippen molar-refractivity contribution in [2.45, 2.75) is 25.4 Å². The first-order valence-electron chi connectivity index (χ1n) is 5.82. The van der Waals surface area contributed by atoms with Crippen LogP contribution < -0.4 is 5.73 Å². The third-order valence-electron chi connectivity index (χ3n) is 3.21. The Labute approximate surface area is 96.2 Å². The molecule has 0 heterocycles. The molecule has 1 saturated carbocycles. The van der Waals surface area contributed by atoms with Gasteiger partial charge in [0.15, 0.2) is 0 Å². The summed E-state index contributed by atoms with van der Waals surface area (Å²) in [5, 5.41) is 0. The Morgan fingerprint density at radius 2 is 1.94 bits per heavy atom. The van der Waals surface area contributed by atoms with Crippen LogP contribution >= 0.6 is 0 Å². The lowest BCUT2D eigenvalue weighted by Crippen LogP contribution is -2.41. The number of halogens is 1. The first-order chi connectivity index (χ1) is 7.63. The van der Waals surface area contributed by atoms with Gasteiger partial charge < -0.3 is 10.6 Å². The lowest BCUT2D eigenvalue weighted by atomic mass is 9.80. The van der Waals surface area contributed by atoms with Crippen LogP contribution in [0.25, 0.3) is 0 Å². The van der Waals surface area contributed by atoms with Gasteiger partial charge in [-0.1, -0.05) is 12.1 Å². The summed E-state index contributed by atoms with van der Waals surface area (Å²) in [6, 6.07) is 7.14. The van der Waals surface area contributed by atoms with E-state index in [0.29, 0.717) is 6.04 Å². The lowest BCUT2D eigenvalue weighted by molar-refractivity contribution is 0.178. The van der Waals surface area contributed by atoms with Crippen molar-refractivity contribution in [3.8, 4) is 0 Å². The van der Waals surface area contributed by atoms with Crippen molar-refractivity contribution in [2.75, 3.05) is 13.6 Å². The van der Waals surface area contributed by atoms with Crippen LogP contribution in [0.4, 0.5) is 4.39 Å². The highest BCUT2D eigenvalue weighted by atomic mass is 19.1. The average molecular weight is 222 g/mol. The van der Waals surface area contributed by atoms with Crippen molar-refractivity contribution in [3.63, 3.8) is 0 Å². The van der Waals surface area contributed by atoms with Crippen LogP contribution in [0.3, 0.4) is 0 Å². The van der Waals surface area contributed by atoms with E-state index in [4.69, 9.17) is 5.73 Å². The third kappa shape index (κ3) is 3.03. The van der Waals surface area contributed by atoms with Crippen LogP contribution in [0.1, 0.15) is 18.4 Å². The second-order valence-electron chi connectivity index (χ2n) is 4.92. The van der Waals surface area contributed by atoms with Crippen molar-refractivity contribution >= 4 is 0 Å². The second kappa shape index (κ2) is 4.93. The van der Waals surface area contributed by atoms with Crippen LogP contribution in [0.5, 0.6) is 0 Å². The molecule has 2 nitrogen and oxygen atoms in total. The zero-order valence-corrected chi connectivity index (χ0v) is 9.70. The number of nitrogens with zero attached hydrogens (tertiary/aromatic N) is 1. The Hall–Kier alpha value is -0.930. The first-order valence-corrected chi connectivity index (χ1v) is 5.82. The van der Waals surface area contributed by atoms with Gasteiger partial charge in [0.2, 0.25) is 0 Å². The zero-order valence-electron chi connectivity index (χ0n) is 9.70. The lowest BCUT2D eigenvalue weighted by Gasteiger charge is -2.35. The van der Waals surface area contributed by atoms with Crippen LogP contribution in [0.15, 0.2) is 24.3 Å². The largest absolute Gasteiger partial charge is 0.328 e. The molecule has 0 amide bonds. The van der Waals surface area contributed by atoms with Crippen molar-refractivity contribution in [2.24, 2.45) is 11.7 Å². The summed E-state index contributed by atoms with van der Waals surface area (Å²) >= 11 is 0. The molecule has 3 heteroatoms. The molecule has 0 spiro atoms. The molecule has 1 aromatic rings. The molecule has 0 aliphatic heterocycles. The molecule has 1 aromatic carbocycles. The Morgan fingerprint density at radius 3 is 2.50 bits per heavy atom.